The number of aryl methyl sites for hydroxylation is 2. The predicted octanol–water partition coefficient (Wildman–Crippen LogP) is 4.96. The molecule has 0 unspecified atom stereocenters. The van der Waals surface area contributed by atoms with Crippen molar-refractivity contribution < 1.29 is 13.2 Å². The average molecular weight is 357 g/mol. The van der Waals surface area contributed by atoms with Crippen LogP contribution in [0.15, 0.2) is 23.0 Å². The van der Waals surface area contributed by atoms with Crippen molar-refractivity contribution in [3.63, 3.8) is 0 Å². The summed E-state index contributed by atoms with van der Waals surface area (Å²) < 4.78 is 39.7. The van der Waals surface area contributed by atoms with Crippen LogP contribution in [-0.2, 0) is 13.0 Å². The van der Waals surface area contributed by atoms with E-state index in [9.17, 15) is 18.0 Å². The van der Waals surface area contributed by atoms with Gasteiger partial charge in [0.05, 0.1) is 17.0 Å². The third-order valence-electron chi connectivity index (χ3n) is 4.32. The van der Waals surface area contributed by atoms with Gasteiger partial charge in [0, 0.05) is 34.6 Å². The maximum absolute atomic E-state index is 12.7. The molecule has 0 atom stereocenters. The van der Waals surface area contributed by atoms with E-state index in [2.05, 4.69) is 4.98 Å². The molecule has 1 N–H and O–H groups in total. The molecule has 3 nitrogen and oxygen atoms in total. The first-order valence-electron chi connectivity index (χ1n) is 7.63. The highest BCUT2D eigenvalue weighted by Gasteiger charge is 2.28. The van der Waals surface area contributed by atoms with E-state index in [1.807, 2.05) is 13.8 Å². The molecule has 0 spiro atoms. The summed E-state index contributed by atoms with van der Waals surface area (Å²) in [5, 5.41) is 1.78. The van der Waals surface area contributed by atoms with Crippen LogP contribution in [0.25, 0.3) is 21.8 Å². The second-order valence-corrected chi connectivity index (χ2v) is 6.21. The first-order valence-corrected chi connectivity index (χ1v) is 8.00. The van der Waals surface area contributed by atoms with E-state index in [0.717, 1.165) is 16.6 Å². The fraction of sp³-hybridized carbons (Fsp3) is 0.353. The number of nitrogens with one attached hydrogen (secondary N) is 1. The summed E-state index contributed by atoms with van der Waals surface area (Å²) in [7, 11) is 0. The Bertz CT molecular complexity index is 986. The SMILES string of the molecule is CCc1c(C)c2c3c(Cl)cc(=O)[nH]c3ccc2n1CCC(F)(F)F. The molecule has 128 valence electrons. The van der Waals surface area contributed by atoms with Crippen LogP contribution in [0.4, 0.5) is 13.2 Å². The molecule has 0 aliphatic carbocycles. The largest absolute Gasteiger partial charge is 0.390 e. The van der Waals surface area contributed by atoms with Crippen molar-refractivity contribution >= 4 is 33.4 Å². The van der Waals surface area contributed by atoms with E-state index >= 15 is 0 Å². The van der Waals surface area contributed by atoms with Gasteiger partial charge in [-0.25, -0.2) is 0 Å². The molecule has 0 bridgehead atoms. The molecular formula is C17H16ClF3N2O. The first kappa shape index (κ1) is 16.9. The molecule has 0 saturated carbocycles. The van der Waals surface area contributed by atoms with Crippen molar-refractivity contribution in [2.24, 2.45) is 0 Å². The Hall–Kier alpha value is -1.95. The van der Waals surface area contributed by atoms with E-state index in [1.54, 1.807) is 16.7 Å². The van der Waals surface area contributed by atoms with Gasteiger partial charge < -0.3 is 9.55 Å². The molecule has 24 heavy (non-hydrogen) atoms. The highest BCUT2D eigenvalue weighted by Crippen LogP contribution is 2.36. The van der Waals surface area contributed by atoms with Crippen LogP contribution in [0.2, 0.25) is 5.02 Å². The molecule has 0 radical (unpaired) electrons. The molecule has 2 aromatic heterocycles. The molecule has 0 amide bonds. The lowest BCUT2D eigenvalue weighted by Gasteiger charge is -2.12. The Labute approximate surface area is 141 Å². The van der Waals surface area contributed by atoms with Crippen molar-refractivity contribution in [3.05, 3.63) is 44.8 Å². The maximum atomic E-state index is 12.7. The Morgan fingerprint density at radius 3 is 2.58 bits per heavy atom. The van der Waals surface area contributed by atoms with Crippen molar-refractivity contribution in [2.45, 2.75) is 39.4 Å². The van der Waals surface area contributed by atoms with Gasteiger partial charge in [0.1, 0.15) is 0 Å². The van der Waals surface area contributed by atoms with Gasteiger partial charge in [-0.1, -0.05) is 18.5 Å². The number of pyridine rings is 1. The predicted molar refractivity (Wildman–Crippen MR) is 89.9 cm³/mol. The van der Waals surface area contributed by atoms with Gasteiger partial charge in [-0.15, -0.1) is 0 Å². The van der Waals surface area contributed by atoms with E-state index in [-0.39, 0.29) is 12.1 Å². The zero-order valence-electron chi connectivity index (χ0n) is 13.2. The van der Waals surface area contributed by atoms with Crippen LogP contribution >= 0.6 is 11.6 Å². The van der Waals surface area contributed by atoms with Crippen molar-refractivity contribution in [1.82, 2.24) is 9.55 Å². The molecule has 1 aromatic carbocycles. The highest BCUT2D eigenvalue weighted by atomic mass is 35.5. The van der Waals surface area contributed by atoms with Gasteiger partial charge in [-0.2, -0.15) is 13.2 Å². The minimum absolute atomic E-state index is 0.135. The number of alkyl halides is 3. The maximum Gasteiger partial charge on any atom is 0.390 e. The number of rotatable bonds is 3. The molecule has 3 rings (SSSR count). The Balaban J connectivity index is 2.34. The highest BCUT2D eigenvalue weighted by molar-refractivity contribution is 6.37. The van der Waals surface area contributed by atoms with Crippen molar-refractivity contribution in [3.8, 4) is 0 Å². The number of halogens is 4. The van der Waals surface area contributed by atoms with E-state index in [4.69, 9.17) is 11.6 Å². The Kier molecular flexibility index (Phi) is 4.11. The summed E-state index contributed by atoms with van der Waals surface area (Å²) in [6, 6.07) is 4.72. The summed E-state index contributed by atoms with van der Waals surface area (Å²) in [6.45, 7) is 3.66. The smallest absolute Gasteiger partial charge is 0.344 e. The quantitative estimate of drug-likeness (QED) is 0.707. The lowest BCUT2D eigenvalue weighted by atomic mass is 10.1. The molecule has 2 heterocycles. The number of aromatic amines is 1. The zero-order chi connectivity index (χ0) is 17.6. The first-order chi connectivity index (χ1) is 11.2. The zero-order valence-corrected chi connectivity index (χ0v) is 14.0. The normalized spacial score (nSPS) is 12.4. The lowest BCUT2D eigenvalue weighted by molar-refractivity contribution is -0.136. The summed E-state index contributed by atoms with van der Waals surface area (Å²) in [6.07, 6.45) is -4.49. The Morgan fingerprint density at radius 2 is 1.96 bits per heavy atom. The van der Waals surface area contributed by atoms with Crippen molar-refractivity contribution in [2.75, 3.05) is 0 Å². The molecule has 0 aliphatic rings. The van der Waals surface area contributed by atoms with E-state index in [0.29, 0.717) is 27.9 Å². The molecule has 7 heteroatoms. The van der Waals surface area contributed by atoms with Crippen molar-refractivity contribution in [1.29, 1.82) is 0 Å². The van der Waals surface area contributed by atoms with Gasteiger partial charge in [0.2, 0.25) is 5.56 Å². The fourth-order valence-corrected chi connectivity index (χ4v) is 3.64. The number of aromatic nitrogens is 2. The van der Waals surface area contributed by atoms with Gasteiger partial charge in [0.25, 0.3) is 0 Å². The van der Waals surface area contributed by atoms with Gasteiger partial charge >= 0.3 is 6.18 Å². The topological polar surface area (TPSA) is 37.8 Å². The minimum Gasteiger partial charge on any atom is -0.344 e. The number of H-pyrrole nitrogens is 1. The monoisotopic (exact) mass is 356 g/mol. The van der Waals surface area contributed by atoms with Crippen LogP contribution in [-0.4, -0.2) is 15.7 Å². The summed E-state index contributed by atoms with van der Waals surface area (Å²) in [4.78, 5) is 14.3. The van der Waals surface area contributed by atoms with Gasteiger partial charge in [-0.3, -0.25) is 4.79 Å². The van der Waals surface area contributed by atoms with Crippen LogP contribution in [0.5, 0.6) is 0 Å². The molecule has 3 aromatic rings. The summed E-state index contributed by atoms with van der Waals surface area (Å²) in [5.74, 6) is 0. The minimum atomic E-state index is -4.21. The molecule has 0 saturated heterocycles. The second-order valence-electron chi connectivity index (χ2n) is 5.81. The van der Waals surface area contributed by atoms with E-state index < -0.39 is 12.6 Å². The van der Waals surface area contributed by atoms with Crippen LogP contribution < -0.4 is 5.56 Å². The number of hydrogen-bond donors (Lipinski definition) is 1. The number of hydrogen-bond acceptors (Lipinski definition) is 1. The van der Waals surface area contributed by atoms with Crippen LogP contribution in [0.1, 0.15) is 24.6 Å². The third-order valence-corrected chi connectivity index (χ3v) is 4.61. The number of nitrogens with zero attached hydrogens (tertiary/aromatic N) is 1. The standard InChI is InChI=1S/C17H16ClF3N2O/c1-3-12-9(2)15-13(23(12)7-6-17(19,20)21)5-4-11-16(15)10(18)8-14(24)22-11/h4-5,8H,3,6-7H2,1-2H3,(H,22,24). The third kappa shape index (κ3) is 2.79. The molecular weight excluding hydrogens is 341 g/mol. The number of benzene rings is 1. The van der Waals surface area contributed by atoms with Gasteiger partial charge in [-0.05, 0) is 31.0 Å². The number of fused-ring (bicyclic) bond motifs is 3. The van der Waals surface area contributed by atoms with Gasteiger partial charge in [0.15, 0.2) is 0 Å². The molecule has 0 aliphatic heterocycles. The lowest BCUT2D eigenvalue weighted by Crippen LogP contribution is -2.13. The Morgan fingerprint density at radius 1 is 1.25 bits per heavy atom. The molecule has 0 fully saturated rings. The van der Waals surface area contributed by atoms with Crippen LogP contribution in [0.3, 0.4) is 0 Å². The summed E-state index contributed by atoms with van der Waals surface area (Å²) >= 11 is 6.26. The van der Waals surface area contributed by atoms with Crippen LogP contribution in [0, 0.1) is 6.92 Å². The second kappa shape index (κ2) is 5.84. The average Bonchev–Trinajstić information content (AvgIpc) is 2.75. The van der Waals surface area contributed by atoms with E-state index in [1.165, 1.54) is 6.07 Å². The summed E-state index contributed by atoms with van der Waals surface area (Å²) in [5.41, 5.74) is 2.73. The fourth-order valence-electron chi connectivity index (χ4n) is 3.35.